The smallest absolute Gasteiger partial charge is 0.319 e. The van der Waals surface area contributed by atoms with Gasteiger partial charge in [0.2, 0.25) is 18.1 Å². The molecule has 1 aliphatic rings. The van der Waals surface area contributed by atoms with Crippen LogP contribution in [0.15, 0.2) is 53.5 Å². The average Bonchev–Trinajstić information content (AvgIpc) is 3.09. The summed E-state index contributed by atoms with van der Waals surface area (Å²) in [6.45, 7) is 1.30. The molecule has 0 radical (unpaired) electrons. The van der Waals surface area contributed by atoms with Crippen molar-refractivity contribution in [1.82, 2.24) is 10.2 Å². The Morgan fingerprint density at radius 2 is 1.70 bits per heavy atom. The van der Waals surface area contributed by atoms with E-state index in [1.807, 2.05) is 35.2 Å². The Morgan fingerprint density at radius 3 is 2.37 bits per heavy atom. The zero-order valence-corrected chi connectivity index (χ0v) is 17.0. The maximum atomic E-state index is 12.1. The van der Waals surface area contributed by atoms with E-state index in [9.17, 15) is 9.59 Å². The van der Waals surface area contributed by atoms with Crippen molar-refractivity contribution in [1.29, 1.82) is 5.26 Å². The summed E-state index contributed by atoms with van der Waals surface area (Å²) < 4.78 is 0. The SMILES string of the molecule is CN1CCN(c2ccc(NC(=O)CNC(=O)Nc3ccc(Cl)cc3)cc2)C1=NC#N. The fourth-order valence-corrected chi connectivity index (χ4v) is 3.02. The fourth-order valence-electron chi connectivity index (χ4n) is 2.89. The van der Waals surface area contributed by atoms with Crippen molar-refractivity contribution in [3.63, 3.8) is 0 Å². The van der Waals surface area contributed by atoms with Crippen LogP contribution in [0.1, 0.15) is 0 Å². The van der Waals surface area contributed by atoms with Crippen LogP contribution in [0.3, 0.4) is 0 Å². The molecule has 0 aliphatic carbocycles. The van der Waals surface area contributed by atoms with Crippen molar-refractivity contribution < 1.29 is 9.59 Å². The number of nitrogens with zero attached hydrogens (tertiary/aromatic N) is 4. The highest BCUT2D eigenvalue weighted by Crippen LogP contribution is 2.22. The van der Waals surface area contributed by atoms with E-state index in [1.54, 1.807) is 36.4 Å². The molecule has 0 spiro atoms. The topological polar surface area (TPSA) is 113 Å². The number of hydrogen-bond acceptors (Lipinski definition) is 4. The second-order valence-electron chi connectivity index (χ2n) is 6.49. The summed E-state index contributed by atoms with van der Waals surface area (Å²) in [4.78, 5) is 31.7. The number of halogens is 1. The number of carbonyl (C=O) groups excluding carboxylic acids is 2. The van der Waals surface area contributed by atoms with Crippen LogP contribution in [-0.4, -0.2) is 49.5 Å². The molecule has 0 aromatic heterocycles. The van der Waals surface area contributed by atoms with E-state index < -0.39 is 6.03 Å². The molecular weight excluding hydrogens is 406 g/mol. The molecule has 9 nitrogen and oxygen atoms in total. The summed E-state index contributed by atoms with van der Waals surface area (Å²) in [7, 11) is 1.88. The molecule has 0 unspecified atom stereocenters. The van der Waals surface area contributed by atoms with Gasteiger partial charge >= 0.3 is 6.03 Å². The molecule has 1 saturated heterocycles. The molecule has 3 amide bonds. The first-order chi connectivity index (χ1) is 14.5. The Labute approximate surface area is 178 Å². The first-order valence-corrected chi connectivity index (χ1v) is 9.50. The number of amides is 3. The van der Waals surface area contributed by atoms with Crippen LogP contribution in [-0.2, 0) is 4.79 Å². The van der Waals surface area contributed by atoms with Gasteiger partial charge in [-0.1, -0.05) is 11.6 Å². The number of carbonyl (C=O) groups is 2. The van der Waals surface area contributed by atoms with E-state index in [0.29, 0.717) is 22.4 Å². The summed E-state index contributed by atoms with van der Waals surface area (Å²) in [5.41, 5.74) is 2.03. The van der Waals surface area contributed by atoms with Gasteiger partial charge in [0.1, 0.15) is 0 Å². The average molecular weight is 426 g/mol. The van der Waals surface area contributed by atoms with E-state index >= 15 is 0 Å². The summed E-state index contributed by atoms with van der Waals surface area (Å²) >= 11 is 5.80. The zero-order chi connectivity index (χ0) is 21.5. The lowest BCUT2D eigenvalue weighted by molar-refractivity contribution is -0.115. The summed E-state index contributed by atoms with van der Waals surface area (Å²) in [6.07, 6.45) is 1.82. The molecule has 1 aliphatic heterocycles. The number of hydrogen-bond donors (Lipinski definition) is 3. The van der Waals surface area contributed by atoms with Crippen LogP contribution in [0.5, 0.6) is 0 Å². The molecule has 3 rings (SSSR count). The van der Waals surface area contributed by atoms with Crippen molar-refractivity contribution in [3.05, 3.63) is 53.6 Å². The van der Waals surface area contributed by atoms with Crippen molar-refractivity contribution in [2.45, 2.75) is 0 Å². The largest absolute Gasteiger partial charge is 0.343 e. The van der Waals surface area contributed by atoms with E-state index in [2.05, 4.69) is 20.9 Å². The van der Waals surface area contributed by atoms with Gasteiger partial charge in [0.25, 0.3) is 0 Å². The fraction of sp³-hybridized carbons (Fsp3) is 0.200. The molecule has 1 fully saturated rings. The Hall–Kier alpha value is -3.77. The molecular formula is C20H20ClN7O2. The van der Waals surface area contributed by atoms with Crippen molar-refractivity contribution >= 4 is 46.6 Å². The lowest BCUT2D eigenvalue weighted by Crippen LogP contribution is -2.35. The van der Waals surface area contributed by atoms with Crippen molar-refractivity contribution in [2.75, 3.05) is 42.2 Å². The maximum absolute atomic E-state index is 12.1. The van der Waals surface area contributed by atoms with Gasteiger partial charge in [0.05, 0.1) is 6.54 Å². The lowest BCUT2D eigenvalue weighted by atomic mass is 10.2. The van der Waals surface area contributed by atoms with Gasteiger partial charge in [-0.2, -0.15) is 5.26 Å². The molecule has 2 aromatic carbocycles. The molecule has 0 atom stereocenters. The lowest BCUT2D eigenvalue weighted by Gasteiger charge is -2.19. The first kappa shape index (κ1) is 21.0. The number of benzene rings is 2. The molecule has 3 N–H and O–H groups in total. The minimum absolute atomic E-state index is 0.183. The van der Waals surface area contributed by atoms with Gasteiger partial charge in [0, 0.05) is 42.2 Å². The number of rotatable bonds is 5. The van der Waals surface area contributed by atoms with Gasteiger partial charge in [-0.05, 0) is 48.5 Å². The standard InChI is InChI=1S/C20H20ClN7O2/c1-27-10-11-28(20(27)24-13-22)17-8-6-15(7-9-17)25-18(29)12-23-19(30)26-16-4-2-14(21)3-5-16/h2-9H,10-12H2,1H3,(H,25,29)(H2,23,26,30). The summed E-state index contributed by atoms with van der Waals surface area (Å²) in [5.74, 6) is 0.229. The van der Waals surface area contributed by atoms with Crippen LogP contribution in [0.25, 0.3) is 0 Å². The molecule has 0 bridgehead atoms. The number of anilines is 3. The van der Waals surface area contributed by atoms with Crippen LogP contribution in [0.4, 0.5) is 21.9 Å². The second-order valence-corrected chi connectivity index (χ2v) is 6.93. The Kier molecular flexibility index (Phi) is 6.72. The highest BCUT2D eigenvalue weighted by atomic mass is 35.5. The third-order valence-electron chi connectivity index (χ3n) is 4.37. The third-order valence-corrected chi connectivity index (χ3v) is 4.62. The third kappa shape index (κ3) is 5.40. The van der Waals surface area contributed by atoms with Crippen LogP contribution >= 0.6 is 11.6 Å². The Balaban J connectivity index is 1.50. The van der Waals surface area contributed by atoms with Gasteiger partial charge in [0.15, 0.2) is 0 Å². The minimum Gasteiger partial charge on any atom is -0.343 e. The highest BCUT2D eigenvalue weighted by molar-refractivity contribution is 6.30. The molecule has 1 heterocycles. The Morgan fingerprint density at radius 1 is 1.07 bits per heavy atom. The van der Waals surface area contributed by atoms with Crippen molar-refractivity contribution in [3.8, 4) is 6.19 Å². The normalized spacial score (nSPS) is 14.4. The predicted molar refractivity (Wildman–Crippen MR) is 117 cm³/mol. The quantitative estimate of drug-likeness (QED) is 0.637. The van der Waals surface area contributed by atoms with Crippen LogP contribution in [0, 0.1) is 11.5 Å². The first-order valence-electron chi connectivity index (χ1n) is 9.12. The number of likely N-dealkylation sites (N-methyl/N-ethyl adjacent to an activating group) is 1. The number of guanidine groups is 1. The number of urea groups is 1. The Bertz CT molecular complexity index is 984. The summed E-state index contributed by atoms with van der Waals surface area (Å²) in [5, 5.41) is 17.2. The van der Waals surface area contributed by atoms with Gasteiger partial charge in [-0.15, -0.1) is 4.99 Å². The van der Waals surface area contributed by atoms with Gasteiger partial charge in [-0.25, -0.2) is 4.79 Å². The molecule has 10 heteroatoms. The summed E-state index contributed by atoms with van der Waals surface area (Å²) in [6, 6.07) is 13.3. The molecule has 0 saturated carbocycles. The van der Waals surface area contributed by atoms with Gasteiger partial charge in [-0.3, -0.25) is 4.79 Å². The number of nitrogens with one attached hydrogen (secondary N) is 3. The molecule has 30 heavy (non-hydrogen) atoms. The maximum Gasteiger partial charge on any atom is 0.319 e. The van der Waals surface area contributed by atoms with Crippen LogP contribution in [0.2, 0.25) is 5.02 Å². The van der Waals surface area contributed by atoms with E-state index in [4.69, 9.17) is 16.9 Å². The highest BCUT2D eigenvalue weighted by Gasteiger charge is 2.24. The zero-order valence-electron chi connectivity index (χ0n) is 16.2. The van der Waals surface area contributed by atoms with E-state index in [-0.39, 0.29) is 12.5 Å². The molecule has 154 valence electrons. The van der Waals surface area contributed by atoms with Crippen LogP contribution < -0.4 is 20.9 Å². The number of aliphatic imine (C=N–C) groups is 1. The predicted octanol–water partition coefficient (Wildman–Crippen LogP) is 2.69. The minimum atomic E-state index is -0.495. The van der Waals surface area contributed by atoms with E-state index in [0.717, 1.165) is 18.8 Å². The monoisotopic (exact) mass is 425 g/mol. The van der Waals surface area contributed by atoms with E-state index in [1.165, 1.54) is 0 Å². The van der Waals surface area contributed by atoms with Crippen molar-refractivity contribution in [2.24, 2.45) is 4.99 Å². The second kappa shape index (κ2) is 9.62. The number of nitriles is 1. The van der Waals surface area contributed by atoms with Gasteiger partial charge < -0.3 is 25.8 Å². The molecule has 2 aromatic rings.